The van der Waals surface area contributed by atoms with Gasteiger partial charge in [0.2, 0.25) is 11.8 Å². The van der Waals surface area contributed by atoms with Gasteiger partial charge in [-0.15, -0.1) is 0 Å². The van der Waals surface area contributed by atoms with Gasteiger partial charge in [-0.25, -0.2) is 9.59 Å². The lowest BCUT2D eigenvalue weighted by atomic mass is 10.1. The van der Waals surface area contributed by atoms with E-state index in [0.717, 1.165) is 38.5 Å². The Morgan fingerprint density at radius 2 is 1.06 bits per heavy atom. The van der Waals surface area contributed by atoms with Crippen LogP contribution in [-0.4, -0.2) is 71.9 Å². The molecule has 32 heavy (non-hydrogen) atoms. The smallest absolute Gasteiger partial charge is 0.328 e. The summed E-state index contributed by atoms with van der Waals surface area (Å²) in [5, 5.41) is 0. The van der Waals surface area contributed by atoms with Crippen LogP contribution in [0.25, 0.3) is 0 Å². The van der Waals surface area contributed by atoms with E-state index >= 15 is 0 Å². The quantitative estimate of drug-likeness (QED) is 0.418. The van der Waals surface area contributed by atoms with Crippen LogP contribution >= 0.6 is 0 Å². The number of cyclic esters (lactones) is 2. The summed E-state index contributed by atoms with van der Waals surface area (Å²) in [6, 6.07) is -0.956. The number of amides is 2. The van der Waals surface area contributed by atoms with Crippen molar-refractivity contribution < 1.29 is 28.7 Å². The standard InChI is InChI=1S/C24H36N2O6/c27-21-13-5-6-14-22(28)26-16-10-12-20(26)24(30)32-18-8-4-2-1-3-7-17-31-23(29)19-11-9-15-25(19)21/h1-2,19-20H,3-18H2/b2-1-/t19-,20-/m1/s1. The van der Waals surface area contributed by atoms with E-state index in [-0.39, 0.29) is 23.8 Å². The fraction of sp³-hybridized carbons (Fsp3) is 0.750. The van der Waals surface area contributed by atoms with Gasteiger partial charge in [0.15, 0.2) is 0 Å². The van der Waals surface area contributed by atoms with Gasteiger partial charge in [0.05, 0.1) is 13.2 Å². The van der Waals surface area contributed by atoms with Crippen LogP contribution in [0.5, 0.6) is 0 Å². The minimum Gasteiger partial charge on any atom is -0.464 e. The van der Waals surface area contributed by atoms with E-state index < -0.39 is 12.1 Å². The minimum absolute atomic E-state index is 0.0513. The number of fused-ring (bicyclic) bond motifs is 2. The van der Waals surface area contributed by atoms with Gasteiger partial charge in [-0.3, -0.25) is 9.59 Å². The fourth-order valence-corrected chi connectivity index (χ4v) is 4.64. The first-order chi connectivity index (χ1) is 15.6. The van der Waals surface area contributed by atoms with E-state index in [0.29, 0.717) is 64.8 Å². The highest BCUT2D eigenvalue weighted by atomic mass is 16.5. The lowest BCUT2D eigenvalue weighted by Crippen LogP contribution is -2.42. The lowest BCUT2D eigenvalue weighted by Gasteiger charge is -2.24. The van der Waals surface area contributed by atoms with Gasteiger partial charge in [-0.05, 0) is 64.2 Å². The maximum atomic E-state index is 12.6. The summed E-state index contributed by atoms with van der Waals surface area (Å²) in [5.41, 5.74) is 0. The second-order valence-electron chi connectivity index (χ2n) is 8.79. The number of rotatable bonds is 0. The molecule has 0 N–H and O–H groups in total. The molecule has 0 unspecified atom stereocenters. The van der Waals surface area contributed by atoms with Crippen molar-refractivity contribution in [3.63, 3.8) is 0 Å². The molecule has 8 heteroatoms. The van der Waals surface area contributed by atoms with E-state index in [1.807, 2.05) is 12.2 Å². The zero-order valence-corrected chi connectivity index (χ0v) is 19.0. The van der Waals surface area contributed by atoms with Crippen molar-refractivity contribution in [2.45, 2.75) is 89.1 Å². The Labute approximate surface area is 190 Å². The average Bonchev–Trinajstić information content (AvgIpc) is 3.46. The third-order valence-corrected chi connectivity index (χ3v) is 6.41. The number of hydrogen-bond acceptors (Lipinski definition) is 6. The molecule has 0 radical (unpaired) electrons. The first-order valence-corrected chi connectivity index (χ1v) is 12.1. The summed E-state index contributed by atoms with van der Waals surface area (Å²) in [5.74, 6) is -0.715. The van der Waals surface area contributed by atoms with Crippen LogP contribution in [0.15, 0.2) is 12.2 Å². The molecule has 8 nitrogen and oxygen atoms in total. The second kappa shape index (κ2) is 12.6. The van der Waals surface area contributed by atoms with E-state index in [2.05, 4.69) is 0 Å². The largest absolute Gasteiger partial charge is 0.464 e. The van der Waals surface area contributed by atoms with Crippen LogP contribution in [0.4, 0.5) is 0 Å². The summed E-state index contributed by atoms with van der Waals surface area (Å²) in [4.78, 5) is 53.5. The third-order valence-electron chi connectivity index (χ3n) is 6.41. The molecule has 2 atom stereocenters. The SMILES string of the molecule is O=C1OCCC/C=C\CCCOC(=O)[C@H]2CCCN2C(=O)CCCCC(=O)N2CCC[C@H]12. The molecule has 0 aliphatic carbocycles. The Hall–Kier alpha value is -2.38. The van der Waals surface area contributed by atoms with Gasteiger partial charge >= 0.3 is 11.9 Å². The van der Waals surface area contributed by atoms with Gasteiger partial charge < -0.3 is 19.3 Å². The molecule has 0 saturated carbocycles. The van der Waals surface area contributed by atoms with Crippen LogP contribution in [0.1, 0.15) is 77.0 Å². The monoisotopic (exact) mass is 448 g/mol. The number of allylic oxidation sites excluding steroid dienone is 2. The van der Waals surface area contributed by atoms with Crippen LogP contribution in [0.2, 0.25) is 0 Å². The van der Waals surface area contributed by atoms with Crippen LogP contribution in [0.3, 0.4) is 0 Å². The average molecular weight is 449 g/mol. The normalized spacial score (nSPS) is 28.8. The summed E-state index contributed by atoms with van der Waals surface area (Å²) in [7, 11) is 0. The van der Waals surface area contributed by atoms with Crippen molar-refractivity contribution in [3.8, 4) is 0 Å². The summed E-state index contributed by atoms with van der Waals surface area (Å²) in [6.07, 6.45) is 11.9. The van der Waals surface area contributed by atoms with Crippen molar-refractivity contribution in [3.05, 3.63) is 12.2 Å². The highest BCUT2D eigenvalue weighted by Gasteiger charge is 2.36. The molecule has 0 bridgehead atoms. The van der Waals surface area contributed by atoms with Crippen LogP contribution < -0.4 is 0 Å². The predicted octanol–water partition coefficient (Wildman–Crippen LogP) is 2.75. The highest BCUT2D eigenvalue weighted by molar-refractivity contribution is 5.86. The third kappa shape index (κ3) is 6.81. The number of ether oxygens (including phenoxy) is 2. The maximum absolute atomic E-state index is 12.6. The van der Waals surface area contributed by atoms with E-state index in [1.54, 1.807) is 9.80 Å². The molecule has 0 spiro atoms. The molecule has 2 saturated heterocycles. The first kappa shape index (κ1) is 24.3. The number of nitrogens with zero attached hydrogens (tertiary/aromatic N) is 2. The molecule has 2 amide bonds. The number of esters is 2. The van der Waals surface area contributed by atoms with Crippen molar-refractivity contribution in [1.29, 1.82) is 0 Å². The van der Waals surface area contributed by atoms with Crippen LogP contribution in [-0.2, 0) is 28.7 Å². The van der Waals surface area contributed by atoms with Gasteiger partial charge in [0.1, 0.15) is 12.1 Å². The molecular weight excluding hydrogens is 412 g/mol. The summed E-state index contributed by atoms with van der Waals surface area (Å²) in [6.45, 7) is 1.86. The number of carbonyl (C=O) groups is 4. The van der Waals surface area contributed by atoms with Gasteiger partial charge in [0.25, 0.3) is 0 Å². The molecule has 3 aliphatic heterocycles. The van der Waals surface area contributed by atoms with E-state index in [1.165, 1.54) is 0 Å². The minimum atomic E-state index is -0.478. The first-order valence-electron chi connectivity index (χ1n) is 12.1. The number of hydrogen-bond donors (Lipinski definition) is 0. The molecule has 178 valence electrons. The Balaban J connectivity index is 1.57. The molecule has 0 aromatic carbocycles. The Bertz CT molecular complexity index is 649. The molecule has 0 aromatic rings. The maximum Gasteiger partial charge on any atom is 0.328 e. The fourth-order valence-electron chi connectivity index (χ4n) is 4.64. The van der Waals surface area contributed by atoms with Crippen molar-refractivity contribution in [2.75, 3.05) is 26.3 Å². The van der Waals surface area contributed by atoms with E-state index in [4.69, 9.17) is 9.47 Å². The molecule has 0 aromatic heterocycles. The Kier molecular flexibility index (Phi) is 9.56. The zero-order chi connectivity index (χ0) is 22.8. The second-order valence-corrected chi connectivity index (χ2v) is 8.79. The van der Waals surface area contributed by atoms with Crippen LogP contribution in [0, 0.1) is 0 Å². The highest BCUT2D eigenvalue weighted by Crippen LogP contribution is 2.22. The Morgan fingerprint density at radius 3 is 1.50 bits per heavy atom. The van der Waals surface area contributed by atoms with Crippen molar-refractivity contribution in [2.24, 2.45) is 0 Å². The predicted molar refractivity (Wildman–Crippen MR) is 117 cm³/mol. The molecule has 2 fully saturated rings. The molecule has 3 heterocycles. The summed E-state index contributed by atoms with van der Waals surface area (Å²) < 4.78 is 10.8. The zero-order valence-electron chi connectivity index (χ0n) is 19.0. The topological polar surface area (TPSA) is 93.2 Å². The summed E-state index contributed by atoms with van der Waals surface area (Å²) >= 11 is 0. The van der Waals surface area contributed by atoms with E-state index in [9.17, 15) is 19.2 Å². The van der Waals surface area contributed by atoms with Crippen molar-refractivity contribution in [1.82, 2.24) is 9.80 Å². The van der Waals surface area contributed by atoms with Gasteiger partial charge in [-0.1, -0.05) is 12.2 Å². The Morgan fingerprint density at radius 1 is 0.625 bits per heavy atom. The van der Waals surface area contributed by atoms with Crippen molar-refractivity contribution >= 4 is 23.8 Å². The van der Waals surface area contributed by atoms with Gasteiger partial charge in [-0.2, -0.15) is 0 Å². The molecular formula is C24H36N2O6. The van der Waals surface area contributed by atoms with Gasteiger partial charge in [0, 0.05) is 25.9 Å². The number of carbonyl (C=O) groups excluding carboxylic acids is 4. The molecule has 3 aliphatic rings. The molecule has 3 rings (SSSR count). The lowest BCUT2D eigenvalue weighted by molar-refractivity contribution is -0.154.